The first-order chi connectivity index (χ1) is 8.74. The van der Waals surface area contributed by atoms with Gasteiger partial charge in [0.25, 0.3) is 0 Å². The van der Waals surface area contributed by atoms with Crippen molar-refractivity contribution < 1.29 is 14.7 Å². The Bertz CT molecular complexity index is 269. The average molecular weight is 256 g/mol. The summed E-state index contributed by atoms with van der Waals surface area (Å²) < 4.78 is 0. The molecule has 1 aliphatic rings. The van der Waals surface area contributed by atoms with Crippen LogP contribution in [0, 0.1) is 0 Å². The monoisotopic (exact) mass is 256 g/mol. The lowest BCUT2D eigenvalue weighted by atomic mass is 10.2. The fourth-order valence-electron chi connectivity index (χ4n) is 2.08. The number of amides is 2. The molecule has 0 saturated carbocycles. The van der Waals surface area contributed by atoms with Gasteiger partial charge in [-0.3, -0.25) is 9.59 Å². The van der Waals surface area contributed by atoms with Crippen LogP contribution in [0.5, 0.6) is 0 Å². The highest BCUT2D eigenvalue weighted by atomic mass is 16.3. The largest absolute Gasteiger partial charge is 0.396 e. The van der Waals surface area contributed by atoms with E-state index in [0.717, 1.165) is 38.5 Å². The topological polar surface area (TPSA) is 69.6 Å². The first-order valence-corrected chi connectivity index (χ1v) is 6.89. The molecule has 1 fully saturated rings. The lowest BCUT2D eigenvalue weighted by Crippen LogP contribution is -2.40. The van der Waals surface area contributed by atoms with E-state index in [4.69, 9.17) is 5.11 Å². The van der Waals surface area contributed by atoms with E-state index in [-0.39, 0.29) is 25.0 Å². The molecule has 104 valence electrons. The number of hydrogen-bond donors (Lipinski definition) is 2. The zero-order valence-electron chi connectivity index (χ0n) is 11.0. The Morgan fingerprint density at radius 2 is 2.06 bits per heavy atom. The third-order valence-corrected chi connectivity index (χ3v) is 3.16. The van der Waals surface area contributed by atoms with Crippen LogP contribution in [0.2, 0.25) is 0 Å². The van der Waals surface area contributed by atoms with Crippen LogP contribution < -0.4 is 5.32 Å². The third kappa shape index (κ3) is 6.00. The number of aliphatic hydroxyl groups excluding tert-OH is 1. The summed E-state index contributed by atoms with van der Waals surface area (Å²) in [5, 5.41) is 11.4. The summed E-state index contributed by atoms with van der Waals surface area (Å²) in [5.41, 5.74) is 0. The molecule has 1 saturated heterocycles. The summed E-state index contributed by atoms with van der Waals surface area (Å²) in [6.07, 6.45) is 6.16. The molecule has 5 heteroatoms. The standard InChI is InChI=1S/C13H24N2O3/c16-10-6-2-4-8-14-12(17)11-15-9-5-1-3-7-13(15)18/h16H,1-11H2,(H,14,17). The highest BCUT2D eigenvalue weighted by molar-refractivity contribution is 5.84. The van der Waals surface area contributed by atoms with Gasteiger partial charge in [-0.05, 0) is 32.1 Å². The highest BCUT2D eigenvalue weighted by Crippen LogP contribution is 2.10. The van der Waals surface area contributed by atoms with Crippen LogP contribution in [0.3, 0.4) is 0 Å². The number of aliphatic hydroxyl groups is 1. The fourth-order valence-corrected chi connectivity index (χ4v) is 2.08. The summed E-state index contributed by atoms with van der Waals surface area (Å²) in [6.45, 7) is 1.73. The lowest BCUT2D eigenvalue weighted by Gasteiger charge is -2.19. The van der Waals surface area contributed by atoms with Gasteiger partial charge in [-0.15, -0.1) is 0 Å². The lowest BCUT2D eigenvalue weighted by molar-refractivity contribution is -0.135. The van der Waals surface area contributed by atoms with Crippen molar-refractivity contribution in [2.24, 2.45) is 0 Å². The zero-order valence-corrected chi connectivity index (χ0v) is 11.0. The second-order valence-corrected chi connectivity index (χ2v) is 4.76. The van der Waals surface area contributed by atoms with E-state index in [9.17, 15) is 9.59 Å². The van der Waals surface area contributed by atoms with Gasteiger partial charge in [0.1, 0.15) is 0 Å². The van der Waals surface area contributed by atoms with E-state index in [1.54, 1.807) is 4.90 Å². The van der Waals surface area contributed by atoms with Crippen LogP contribution >= 0.6 is 0 Å². The van der Waals surface area contributed by atoms with Crippen molar-refractivity contribution in [1.82, 2.24) is 10.2 Å². The molecule has 0 aromatic carbocycles. The number of unbranched alkanes of at least 4 members (excludes halogenated alkanes) is 2. The van der Waals surface area contributed by atoms with Gasteiger partial charge in [0.05, 0.1) is 6.54 Å². The van der Waals surface area contributed by atoms with Crippen molar-refractivity contribution in [2.75, 3.05) is 26.2 Å². The Labute approximate surface area is 109 Å². The predicted molar refractivity (Wildman–Crippen MR) is 69.0 cm³/mol. The minimum atomic E-state index is -0.0748. The van der Waals surface area contributed by atoms with E-state index >= 15 is 0 Å². The molecule has 0 aromatic rings. The summed E-state index contributed by atoms with van der Waals surface area (Å²) in [7, 11) is 0. The van der Waals surface area contributed by atoms with Crippen LogP contribution in [0.4, 0.5) is 0 Å². The second kappa shape index (κ2) is 8.91. The molecule has 0 aliphatic carbocycles. The van der Waals surface area contributed by atoms with Gasteiger partial charge in [0.2, 0.25) is 11.8 Å². The van der Waals surface area contributed by atoms with E-state index in [2.05, 4.69) is 5.32 Å². The number of nitrogens with one attached hydrogen (secondary N) is 1. The molecule has 0 spiro atoms. The number of nitrogens with zero attached hydrogens (tertiary/aromatic N) is 1. The SMILES string of the molecule is O=C(CN1CCCCCC1=O)NCCCCCO. The number of hydrogen-bond acceptors (Lipinski definition) is 3. The molecular formula is C13H24N2O3. The Kier molecular flexibility index (Phi) is 7.41. The Balaban J connectivity index is 2.16. The number of carbonyl (C=O) groups excluding carboxylic acids is 2. The molecule has 2 N–H and O–H groups in total. The van der Waals surface area contributed by atoms with Crippen molar-refractivity contribution >= 4 is 11.8 Å². The first kappa shape index (κ1) is 15.0. The van der Waals surface area contributed by atoms with Crippen LogP contribution in [0.25, 0.3) is 0 Å². The molecule has 1 aliphatic heterocycles. The van der Waals surface area contributed by atoms with Gasteiger partial charge < -0.3 is 15.3 Å². The van der Waals surface area contributed by atoms with Crippen LogP contribution in [0.15, 0.2) is 0 Å². The van der Waals surface area contributed by atoms with Crippen molar-refractivity contribution in [3.63, 3.8) is 0 Å². The van der Waals surface area contributed by atoms with Gasteiger partial charge in [0.15, 0.2) is 0 Å². The fraction of sp³-hybridized carbons (Fsp3) is 0.846. The van der Waals surface area contributed by atoms with E-state index in [0.29, 0.717) is 19.5 Å². The van der Waals surface area contributed by atoms with Crippen molar-refractivity contribution in [3.05, 3.63) is 0 Å². The van der Waals surface area contributed by atoms with Gasteiger partial charge in [-0.25, -0.2) is 0 Å². The van der Waals surface area contributed by atoms with Gasteiger partial charge in [0, 0.05) is 26.1 Å². The molecule has 0 unspecified atom stereocenters. The maximum absolute atomic E-state index is 11.7. The maximum atomic E-state index is 11.7. The molecule has 0 atom stereocenters. The molecule has 1 rings (SSSR count). The zero-order chi connectivity index (χ0) is 13.2. The van der Waals surface area contributed by atoms with Crippen molar-refractivity contribution in [1.29, 1.82) is 0 Å². The van der Waals surface area contributed by atoms with Gasteiger partial charge in [-0.1, -0.05) is 6.42 Å². The van der Waals surface area contributed by atoms with Gasteiger partial charge >= 0.3 is 0 Å². The van der Waals surface area contributed by atoms with Crippen molar-refractivity contribution in [3.8, 4) is 0 Å². The third-order valence-electron chi connectivity index (χ3n) is 3.16. The summed E-state index contributed by atoms with van der Waals surface area (Å²) in [5.74, 6) is 0.0252. The average Bonchev–Trinajstić information content (AvgIpc) is 2.55. The number of likely N-dealkylation sites (tertiary alicyclic amines) is 1. The molecule has 0 aromatic heterocycles. The second-order valence-electron chi connectivity index (χ2n) is 4.76. The highest BCUT2D eigenvalue weighted by Gasteiger charge is 2.18. The molecule has 18 heavy (non-hydrogen) atoms. The summed E-state index contributed by atoms with van der Waals surface area (Å²) >= 11 is 0. The van der Waals surface area contributed by atoms with E-state index < -0.39 is 0 Å². The van der Waals surface area contributed by atoms with Crippen molar-refractivity contribution in [2.45, 2.75) is 44.9 Å². The molecule has 1 heterocycles. The molecule has 5 nitrogen and oxygen atoms in total. The smallest absolute Gasteiger partial charge is 0.239 e. The van der Waals surface area contributed by atoms with E-state index in [1.807, 2.05) is 0 Å². The first-order valence-electron chi connectivity index (χ1n) is 6.89. The molecule has 2 amide bonds. The predicted octanol–water partition coefficient (Wildman–Crippen LogP) is 0.668. The molecule has 0 bridgehead atoms. The van der Waals surface area contributed by atoms with Crippen LogP contribution in [-0.4, -0.2) is 48.1 Å². The molecular weight excluding hydrogens is 232 g/mol. The molecule has 0 radical (unpaired) electrons. The Hall–Kier alpha value is -1.10. The van der Waals surface area contributed by atoms with Crippen LogP contribution in [0.1, 0.15) is 44.9 Å². The normalized spacial score (nSPS) is 16.5. The van der Waals surface area contributed by atoms with Crippen LogP contribution in [-0.2, 0) is 9.59 Å². The van der Waals surface area contributed by atoms with Gasteiger partial charge in [-0.2, -0.15) is 0 Å². The van der Waals surface area contributed by atoms with E-state index in [1.165, 1.54) is 0 Å². The maximum Gasteiger partial charge on any atom is 0.239 e. The number of carbonyl (C=O) groups is 2. The number of rotatable bonds is 7. The minimum absolute atomic E-state index is 0.0748. The summed E-state index contributed by atoms with van der Waals surface area (Å²) in [4.78, 5) is 25.0. The Morgan fingerprint density at radius 3 is 2.83 bits per heavy atom. The minimum Gasteiger partial charge on any atom is -0.396 e. The quantitative estimate of drug-likeness (QED) is 0.658. The Morgan fingerprint density at radius 1 is 1.22 bits per heavy atom. The summed E-state index contributed by atoms with van der Waals surface area (Å²) in [6, 6.07) is 0.